The van der Waals surface area contributed by atoms with Crippen LogP contribution in [0.4, 0.5) is 5.69 Å². The standard InChI is InChI=1S/C10H15N3O3/c1-7-9(4-11-12-7)13(5-10(14)15)8-2-3-16-6-8/h4,8H,2-3,5-6H2,1H3,(H,11,12)(H,14,15). The number of hydrogen-bond donors (Lipinski definition) is 2. The van der Waals surface area contributed by atoms with Crippen LogP contribution < -0.4 is 4.90 Å². The van der Waals surface area contributed by atoms with E-state index in [4.69, 9.17) is 9.84 Å². The molecule has 1 aliphatic heterocycles. The summed E-state index contributed by atoms with van der Waals surface area (Å²) in [4.78, 5) is 12.7. The van der Waals surface area contributed by atoms with E-state index in [0.29, 0.717) is 13.2 Å². The number of anilines is 1. The highest BCUT2D eigenvalue weighted by Gasteiger charge is 2.26. The van der Waals surface area contributed by atoms with Crippen molar-refractivity contribution >= 4 is 11.7 Å². The van der Waals surface area contributed by atoms with Gasteiger partial charge in [-0.25, -0.2) is 0 Å². The quantitative estimate of drug-likeness (QED) is 0.775. The van der Waals surface area contributed by atoms with Crippen molar-refractivity contribution in [3.05, 3.63) is 11.9 Å². The summed E-state index contributed by atoms with van der Waals surface area (Å²) in [5.74, 6) is -0.840. The number of carboxylic acids is 1. The zero-order valence-electron chi connectivity index (χ0n) is 9.14. The lowest BCUT2D eigenvalue weighted by Crippen LogP contribution is -2.39. The van der Waals surface area contributed by atoms with Gasteiger partial charge in [0, 0.05) is 6.61 Å². The van der Waals surface area contributed by atoms with Gasteiger partial charge in [0.05, 0.1) is 30.2 Å². The number of nitrogens with zero attached hydrogens (tertiary/aromatic N) is 2. The molecule has 0 spiro atoms. The van der Waals surface area contributed by atoms with E-state index in [9.17, 15) is 4.79 Å². The number of ether oxygens (including phenoxy) is 1. The number of aromatic amines is 1. The summed E-state index contributed by atoms with van der Waals surface area (Å²) in [7, 11) is 0. The molecule has 6 heteroatoms. The molecule has 88 valence electrons. The van der Waals surface area contributed by atoms with Crippen LogP contribution in [0.25, 0.3) is 0 Å². The zero-order valence-corrected chi connectivity index (χ0v) is 9.14. The molecule has 0 aromatic carbocycles. The number of H-pyrrole nitrogens is 1. The zero-order chi connectivity index (χ0) is 11.5. The molecule has 2 N–H and O–H groups in total. The van der Waals surface area contributed by atoms with Gasteiger partial charge in [0.2, 0.25) is 0 Å². The van der Waals surface area contributed by atoms with E-state index in [-0.39, 0.29) is 12.6 Å². The lowest BCUT2D eigenvalue weighted by Gasteiger charge is -2.27. The first-order chi connectivity index (χ1) is 7.68. The predicted molar refractivity (Wildman–Crippen MR) is 57.5 cm³/mol. The fourth-order valence-corrected chi connectivity index (χ4v) is 1.96. The number of aliphatic carboxylic acids is 1. The molecule has 2 rings (SSSR count). The normalized spacial score (nSPS) is 19.9. The van der Waals surface area contributed by atoms with Crippen LogP contribution >= 0.6 is 0 Å². The average Bonchev–Trinajstić information content (AvgIpc) is 2.84. The second-order valence-electron chi connectivity index (χ2n) is 3.92. The molecule has 0 amide bonds. The molecule has 16 heavy (non-hydrogen) atoms. The van der Waals surface area contributed by atoms with Crippen LogP contribution in [0.1, 0.15) is 12.1 Å². The van der Waals surface area contributed by atoms with Crippen molar-refractivity contribution in [3.63, 3.8) is 0 Å². The SMILES string of the molecule is Cc1[nH]ncc1N(CC(=O)O)C1CCOC1. The summed E-state index contributed by atoms with van der Waals surface area (Å²) < 4.78 is 5.29. The van der Waals surface area contributed by atoms with Gasteiger partial charge in [-0.05, 0) is 13.3 Å². The molecule has 0 bridgehead atoms. The minimum absolute atomic E-state index is 0.0194. The van der Waals surface area contributed by atoms with Crippen LogP contribution in [-0.2, 0) is 9.53 Å². The van der Waals surface area contributed by atoms with Crippen LogP contribution in [0.5, 0.6) is 0 Å². The Morgan fingerprint density at radius 3 is 3.12 bits per heavy atom. The van der Waals surface area contributed by atoms with E-state index in [2.05, 4.69) is 10.2 Å². The first-order valence-electron chi connectivity index (χ1n) is 5.24. The Kier molecular flexibility index (Phi) is 3.09. The van der Waals surface area contributed by atoms with Gasteiger partial charge in [0.15, 0.2) is 0 Å². The monoisotopic (exact) mass is 225 g/mol. The Labute approximate surface area is 93.2 Å². The van der Waals surface area contributed by atoms with Gasteiger partial charge in [-0.2, -0.15) is 5.10 Å². The van der Waals surface area contributed by atoms with Crippen LogP contribution in [0.15, 0.2) is 6.20 Å². The van der Waals surface area contributed by atoms with Crippen LogP contribution in [0.2, 0.25) is 0 Å². The van der Waals surface area contributed by atoms with Crippen molar-refractivity contribution in [1.82, 2.24) is 10.2 Å². The fraction of sp³-hybridized carbons (Fsp3) is 0.600. The molecular formula is C10H15N3O3. The number of hydrogen-bond acceptors (Lipinski definition) is 4. The van der Waals surface area contributed by atoms with Gasteiger partial charge in [-0.15, -0.1) is 0 Å². The van der Waals surface area contributed by atoms with Crippen LogP contribution in [0, 0.1) is 6.92 Å². The molecular weight excluding hydrogens is 210 g/mol. The summed E-state index contributed by atoms with van der Waals surface area (Å²) in [5.41, 5.74) is 1.73. The van der Waals surface area contributed by atoms with E-state index >= 15 is 0 Å². The van der Waals surface area contributed by atoms with Gasteiger partial charge in [0.25, 0.3) is 0 Å². The maximum Gasteiger partial charge on any atom is 0.323 e. The molecule has 1 aliphatic rings. The molecule has 0 aliphatic carbocycles. The Balaban J connectivity index is 2.20. The number of aromatic nitrogens is 2. The first kappa shape index (κ1) is 10.9. The predicted octanol–water partition coefficient (Wildman–Crippen LogP) is 0.398. The van der Waals surface area contributed by atoms with Gasteiger partial charge in [0.1, 0.15) is 6.54 Å². The molecule has 0 saturated carbocycles. The number of aryl methyl sites for hydroxylation is 1. The Bertz CT molecular complexity index is 371. The van der Waals surface area contributed by atoms with Crippen molar-refractivity contribution in [2.24, 2.45) is 0 Å². The minimum atomic E-state index is -0.840. The smallest absolute Gasteiger partial charge is 0.323 e. The summed E-state index contributed by atoms with van der Waals surface area (Å²) in [6.45, 7) is 3.14. The highest BCUT2D eigenvalue weighted by molar-refractivity contribution is 5.74. The van der Waals surface area contributed by atoms with Crippen molar-refractivity contribution in [2.75, 3.05) is 24.7 Å². The largest absolute Gasteiger partial charge is 0.480 e. The van der Waals surface area contributed by atoms with Crippen molar-refractivity contribution in [2.45, 2.75) is 19.4 Å². The molecule has 1 aromatic heterocycles. The van der Waals surface area contributed by atoms with Gasteiger partial charge in [-0.3, -0.25) is 9.89 Å². The van der Waals surface area contributed by atoms with Gasteiger partial charge in [-0.1, -0.05) is 0 Å². The van der Waals surface area contributed by atoms with Crippen LogP contribution in [-0.4, -0.2) is 47.1 Å². The van der Waals surface area contributed by atoms with Gasteiger partial charge < -0.3 is 14.7 Å². The molecule has 6 nitrogen and oxygen atoms in total. The maximum absolute atomic E-state index is 10.9. The third kappa shape index (κ3) is 2.16. The maximum atomic E-state index is 10.9. The van der Waals surface area contributed by atoms with E-state index in [1.165, 1.54) is 0 Å². The summed E-state index contributed by atoms with van der Waals surface area (Å²) >= 11 is 0. The molecule has 1 aromatic rings. The highest BCUT2D eigenvalue weighted by atomic mass is 16.5. The lowest BCUT2D eigenvalue weighted by atomic mass is 10.2. The van der Waals surface area contributed by atoms with Gasteiger partial charge >= 0.3 is 5.97 Å². The Morgan fingerprint density at radius 2 is 2.62 bits per heavy atom. The second-order valence-corrected chi connectivity index (χ2v) is 3.92. The summed E-state index contributed by atoms with van der Waals surface area (Å²) in [5, 5.41) is 15.7. The molecule has 0 radical (unpaired) electrons. The Hall–Kier alpha value is -1.56. The second kappa shape index (κ2) is 4.52. The minimum Gasteiger partial charge on any atom is -0.480 e. The van der Waals surface area contributed by atoms with E-state index in [1.807, 2.05) is 11.8 Å². The average molecular weight is 225 g/mol. The van der Waals surface area contributed by atoms with E-state index < -0.39 is 5.97 Å². The molecule has 1 unspecified atom stereocenters. The molecule has 1 atom stereocenters. The molecule has 1 saturated heterocycles. The number of nitrogens with one attached hydrogen (secondary N) is 1. The van der Waals surface area contributed by atoms with Crippen molar-refractivity contribution in [3.8, 4) is 0 Å². The molecule has 2 heterocycles. The van der Waals surface area contributed by atoms with Crippen molar-refractivity contribution < 1.29 is 14.6 Å². The molecule has 1 fully saturated rings. The van der Waals surface area contributed by atoms with Crippen LogP contribution in [0.3, 0.4) is 0 Å². The van der Waals surface area contributed by atoms with Crippen molar-refractivity contribution in [1.29, 1.82) is 0 Å². The number of carboxylic acid groups (broad SMARTS) is 1. The fourth-order valence-electron chi connectivity index (χ4n) is 1.96. The lowest BCUT2D eigenvalue weighted by molar-refractivity contribution is -0.135. The topological polar surface area (TPSA) is 78.5 Å². The first-order valence-corrected chi connectivity index (χ1v) is 5.24. The number of carbonyl (C=O) groups is 1. The van der Waals surface area contributed by atoms with E-state index in [0.717, 1.165) is 17.8 Å². The highest BCUT2D eigenvalue weighted by Crippen LogP contribution is 2.23. The number of rotatable bonds is 4. The summed E-state index contributed by atoms with van der Waals surface area (Å²) in [6, 6.07) is 0.132. The Morgan fingerprint density at radius 1 is 1.81 bits per heavy atom. The third-order valence-electron chi connectivity index (χ3n) is 2.76. The summed E-state index contributed by atoms with van der Waals surface area (Å²) in [6.07, 6.45) is 2.52. The van der Waals surface area contributed by atoms with E-state index in [1.54, 1.807) is 6.20 Å². The third-order valence-corrected chi connectivity index (χ3v) is 2.76.